The third-order valence-electron chi connectivity index (χ3n) is 5.33. The minimum absolute atomic E-state index is 0.0676. The van der Waals surface area contributed by atoms with Gasteiger partial charge in [0.25, 0.3) is 0 Å². The summed E-state index contributed by atoms with van der Waals surface area (Å²) in [4.78, 5) is 12.4. The summed E-state index contributed by atoms with van der Waals surface area (Å²) in [6.07, 6.45) is 5.98. The largest absolute Gasteiger partial charge is 0.493 e. The van der Waals surface area contributed by atoms with E-state index in [1.165, 1.54) is 26.4 Å². The Labute approximate surface area is 149 Å². The van der Waals surface area contributed by atoms with E-state index in [0.29, 0.717) is 17.6 Å². The van der Waals surface area contributed by atoms with Crippen molar-refractivity contribution in [3.8, 4) is 5.75 Å². The van der Waals surface area contributed by atoms with Crippen LogP contribution in [0.2, 0.25) is 0 Å². The fourth-order valence-corrected chi connectivity index (χ4v) is 5.14. The van der Waals surface area contributed by atoms with Crippen molar-refractivity contribution in [1.82, 2.24) is 5.32 Å². The molecule has 3 rings (SSSR count). The second kappa shape index (κ2) is 6.86. The Morgan fingerprint density at radius 2 is 2.04 bits per heavy atom. The zero-order valence-corrected chi connectivity index (χ0v) is 15.8. The molecule has 1 amide bonds. The Balaban J connectivity index is 1.68. The Bertz CT molecular complexity index is 776. The first-order valence-electron chi connectivity index (χ1n) is 8.70. The van der Waals surface area contributed by atoms with E-state index in [-0.39, 0.29) is 23.1 Å². The van der Waals surface area contributed by atoms with Crippen molar-refractivity contribution in [2.75, 3.05) is 25.2 Å². The molecular formula is C18H26N2O4S. The van der Waals surface area contributed by atoms with Gasteiger partial charge in [0, 0.05) is 12.3 Å². The van der Waals surface area contributed by atoms with Gasteiger partial charge in [-0.2, -0.15) is 0 Å². The van der Waals surface area contributed by atoms with Crippen LogP contribution in [-0.4, -0.2) is 40.3 Å². The molecule has 2 bridgehead atoms. The summed E-state index contributed by atoms with van der Waals surface area (Å²) in [5, 5.41) is 6.15. The van der Waals surface area contributed by atoms with E-state index >= 15 is 0 Å². The molecule has 0 aromatic heterocycles. The highest BCUT2D eigenvalue weighted by Crippen LogP contribution is 2.44. The molecule has 2 N–H and O–H groups in total. The van der Waals surface area contributed by atoms with Crippen LogP contribution in [-0.2, 0) is 14.6 Å². The lowest BCUT2D eigenvalue weighted by Gasteiger charge is -2.23. The van der Waals surface area contributed by atoms with Gasteiger partial charge in [0.15, 0.2) is 15.6 Å². The SMILES string of the molecule is COc1c(NCC(=O)NC2CC3CCC2C3)cc(C)cc1S(C)(=O)=O. The van der Waals surface area contributed by atoms with Gasteiger partial charge in [-0.1, -0.05) is 6.42 Å². The molecular weight excluding hydrogens is 340 g/mol. The number of carbonyl (C=O) groups is 1. The molecule has 7 heteroatoms. The van der Waals surface area contributed by atoms with Crippen molar-refractivity contribution >= 4 is 21.4 Å². The van der Waals surface area contributed by atoms with Crippen molar-refractivity contribution < 1.29 is 17.9 Å². The fraction of sp³-hybridized carbons (Fsp3) is 0.611. The number of carbonyl (C=O) groups excluding carboxylic acids is 1. The zero-order chi connectivity index (χ0) is 18.2. The Hall–Kier alpha value is -1.76. The van der Waals surface area contributed by atoms with Gasteiger partial charge in [0.2, 0.25) is 5.91 Å². The summed E-state index contributed by atoms with van der Waals surface area (Å²) in [6.45, 7) is 1.91. The van der Waals surface area contributed by atoms with E-state index < -0.39 is 9.84 Å². The van der Waals surface area contributed by atoms with Crippen molar-refractivity contribution in [3.05, 3.63) is 17.7 Å². The predicted molar refractivity (Wildman–Crippen MR) is 96.7 cm³/mol. The first-order chi connectivity index (χ1) is 11.8. The van der Waals surface area contributed by atoms with Crippen LogP contribution >= 0.6 is 0 Å². The number of hydrogen-bond acceptors (Lipinski definition) is 5. The second-order valence-electron chi connectivity index (χ2n) is 7.32. The maximum atomic E-state index is 12.3. The number of anilines is 1. The van der Waals surface area contributed by atoms with Crippen molar-refractivity contribution in [2.45, 2.75) is 43.5 Å². The molecule has 0 aliphatic heterocycles. The molecule has 2 aliphatic rings. The Morgan fingerprint density at radius 3 is 2.60 bits per heavy atom. The van der Waals surface area contributed by atoms with Gasteiger partial charge in [-0.25, -0.2) is 8.42 Å². The number of hydrogen-bond donors (Lipinski definition) is 2. The van der Waals surface area contributed by atoms with Gasteiger partial charge >= 0.3 is 0 Å². The number of nitrogens with one attached hydrogen (secondary N) is 2. The number of sulfone groups is 1. The molecule has 0 radical (unpaired) electrons. The van der Waals surface area contributed by atoms with Crippen molar-refractivity contribution in [1.29, 1.82) is 0 Å². The van der Waals surface area contributed by atoms with E-state index in [1.54, 1.807) is 12.1 Å². The summed E-state index contributed by atoms with van der Waals surface area (Å²) in [6, 6.07) is 3.66. The van der Waals surface area contributed by atoms with Gasteiger partial charge in [-0.05, 0) is 55.7 Å². The van der Waals surface area contributed by atoms with Crippen LogP contribution in [0.4, 0.5) is 5.69 Å². The van der Waals surface area contributed by atoms with Gasteiger partial charge in [-0.15, -0.1) is 0 Å². The number of amides is 1. The monoisotopic (exact) mass is 366 g/mol. The number of fused-ring (bicyclic) bond motifs is 2. The molecule has 2 aliphatic carbocycles. The minimum atomic E-state index is -3.42. The second-order valence-corrected chi connectivity index (χ2v) is 9.30. The molecule has 25 heavy (non-hydrogen) atoms. The average molecular weight is 366 g/mol. The van der Waals surface area contributed by atoms with Gasteiger partial charge in [-0.3, -0.25) is 4.79 Å². The summed E-state index contributed by atoms with van der Waals surface area (Å²) in [7, 11) is -1.99. The average Bonchev–Trinajstić information content (AvgIpc) is 3.14. The van der Waals surface area contributed by atoms with Gasteiger partial charge in [0.1, 0.15) is 4.90 Å². The molecule has 138 valence electrons. The summed E-state index contributed by atoms with van der Waals surface area (Å²) in [5.41, 5.74) is 1.31. The van der Waals surface area contributed by atoms with Gasteiger partial charge < -0.3 is 15.4 Å². The maximum absolute atomic E-state index is 12.3. The topological polar surface area (TPSA) is 84.5 Å². The highest BCUT2D eigenvalue weighted by Gasteiger charge is 2.40. The number of ether oxygens (including phenoxy) is 1. The van der Waals surface area contributed by atoms with E-state index in [1.807, 2.05) is 6.92 Å². The highest BCUT2D eigenvalue weighted by molar-refractivity contribution is 7.90. The molecule has 1 aromatic rings. The van der Waals surface area contributed by atoms with Crippen LogP contribution in [0, 0.1) is 18.8 Å². The summed E-state index contributed by atoms with van der Waals surface area (Å²) in [5.74, 6) is 1.58. The van der Waals surface area contributed by atoms with E-state index in [0.717, 1.165) is 24.2 Å². The number of rotatable bonds is 6. The minimum Gasteiger partial charge on any atom is -0.493 e. The fourth-order valence-electron chi connectivity index (χ4n) is 4.21. The third-order valence-corrected chi connectivity index (χ3v) is 6.43. The number of benzene rings is 1. The first kappa shape index (κ1) is 18.0. The van der Waals surface area contributed by atoms with Gasteiger partial charge in [0.05, 0.1) is 19.3 Å². The summed E-state index contributed by atoms with van der Waals surface area (Å²) >= 11 is 0. The molecule has 3 atom stereocenters. The Kier molecular flexibility index (Phi) is 4.95. The van der Waals surface area contributed by atoms with E-state index in [4.69, 9.17) is 4.74 Å². The van der Waals surface area contributed by atoms with Crippen LogP contribution in [0.15, 0.2) is 17.0 Å². The van der Waals surface area contributed by atoms with Crippen LogP contribution in [0.25, 0.3) is 0 Å². The molecule has 0 spiro atoms. The van der Waals surface area contributed by atoms with Crippen molar-refractivity contribution in [2.24, 2.45) is 11.8 Å². The van der Waals surface area contributed by atoms with E-state index in [9.17, 15) is 13.2 Å². The smallest absolute Gasteiger partial charge is 0.239 e. The van der Waals surface area contributed by atoms with Crippen LogP contribution in [0.5, 0.6) is 5.75 Å². The lowest BCUT2D eigenvalue weighted by atomic mass is 9.95. The lowest BCUT2D eigenvalue weighted by molar-refractivity contribution is -0.120. The van der Waals surface area contributed by atoms with Crippen LogP contribution in [0.3, 0.4) is 0 Å². The summed E-state index contributed by atoms with van der Waals surface area (Å²) < 4.78 is 29.2. The molecule has 2 saturated carbocycles. The normalized spacial score (nSPS) is 25.0. The molecule has 3 unspecified atom stereocenters. The zero-order valence-electron chi connectivity index (χ0n) is 15.0. The first-order valence-corrected chi connectivity index (χ1v) is 10.6. The molecule has 6 nitrogen and oxygen atoms in total. The molecule has 0 heterocycles. The van der Waals surface area contributed by atoms with Crippen molar-refractivity contribution in [3.63, 3.8) is 0 Å². The highest BCUT2D eigenvalue weighted by atomic mass is 32.2. The Morgan fingerprint density at radius 1 is 1.28 bits per heavy atom. The predicted octanol–water partition coefficient (Wildman–Crippen LogP) is 2.12. The number of aryl methyl sites for hydroxylation is 1. The third kappa shape index (κ3) is 3.92. The quantitative estimate of drug-likeness (QED) is 0.806. The number of methoxy groups -OCH3 is 1. The van der Waals surface area contributed by atoms with Crippen LogP contribution < -0.4 is 15.4 Å². The lowest BCUT2D eigenvalue weighted by Crippen LogP contribution is -2.41. The maximum Gasteiger partial charge on any atom is 0.239 e. The molecule has 1 aromatic carbocycles. The standard InChI is InChI=1S/C18H26N2O4S/c1-11-6-15(18(24-2)16(7-11)25(3,22)23)19-10-17(21)20-14-9-12-4-5-13(14)8-12/h6-7,12-14,19H,4-5,8-10H2,1-3H3,(H,20,21). The van der Waals surface area contributed by atoms with Crippen LogP contribution in [0.1, 0.15) is 31.2 Å². The van der Waals surface area contributed by atoms with E-state index in [2.05, 4.69) is 10.6 Å². The molecule has 2 fully saturated rings. The molecule has 0 saturated heterocycles.